The molecule has 0 amide bonds. The molecule has 17 heavy (non-hydrogen) atoms. The first kappa shape index (κ1) is 12.5. The number of hydrogen-bond acceptors (Lipinski definition) is 4. The Kier molecular flexibility index (Phi) is 4.09. The fraction of sp³-hybridized carbons (Fsp3) is 0.545. The predicted molar refractivity (Wildman–Crippen MR) is 65.9 cm³/mol. The van der Waals surface area contributed by atoms with Crippen LogP contribution in [0.1, 0.15) is 12.0 Å². The second kappa shape index (κ2) is 5.57. The Morgan fingerprint density at radius 1 is 1.41 bits per heavy atom. The van der Waals surface area contributed by atoms with Crippen molar-refractivity contribution in [2.24, 2.45) is 0 Å². The molecule has 94 valence electrons. The normalized spacial score (nSPS) is 21.6. The van der Waals surface area contributed by atoms with Crippen LogP contribution in [-0.4, -0.2) is 43.1 Å². The standard InChI is InChI=1S/C11H17N3O2S/c15-17(16)8-2-5-12-6-7-14(17)10-11-3-1-4-13-9-11/h1,3-4,9,12H,2,5-8,10H2. The average Bonchev–Trinajstić information content (AvgIpc) is 2.31. The summed E-state index contributed by atoms with van der Waals surface area (Å²) in [5.74, 6) is 0.222. The Morgan fingerprint density at radius 2 is 2.29 bits per heavy atom. The molecule has 1 aromatic rings. The summed E-state index contributed by atoms with van der Waals surface area (Å²) in [4.78, 5) is 4.00. The van der Waals surface area contributed by atoms with Crippen LogP contribution in [0.15, 0.2) is 24.5 Å². The van der Waals surface area contributed by atoms with Gasteiger partial charge in [0, 0.05) is 32.0 Å². The van der Waals surface area contributed by atoms with Gasteiger partial charge in [-0.15, -0.1) is 0 Å². The zero-order valence-corrected chi connectivity index (χ0v) is 10.5. The number of hydrogen-bond donors (Lipinski definition) is 1. The van der Waals surface area contributed by atoms with E-state index in [2.05, 4.69) is 10.3 Å². The van der Waals surface area contributed by atoms with Crippen molar-refractivity contribution in [1.82, 2.24) is 14.6 Å². The van der Waals surface area contributed by atoms with Crippen LogP contribution in [-0.2, 0) is 16.6 Å². The van der Waals surface area contributed by atoms with Crippen LogP contribution in [0.5, 0.6) is 0 Å². The molecule has 0 aromatic carbocycles. The van der Waals surface area contributed by atoms with E-state index in [1.54, 1.807) is 12.4 Å². The summed E-state index contributed by atoms with van der Waals surface area (Å²) in [5, 5.41) is 3.22. The Bertz CT molecular complexity index is 447. The molecule has 5 nitrogen and oxygen atoms in total. The number of nitrogens with one attached hydrogen (secondary N) is 1. The third kappa shape index (κ3) is 3.49. The van der Waals surface area contributed by atoms with Crippen molar-refractivity contribution in [1.29, 1.82) is 0 Å². The van der Waals surface area contributed by atoms with Gasteiger partial charge >= 0.3 is 0 Å². The molecular weight excluding hydrogens is 238 g/mol. The van der Waals surface area contributed by atoms with Gasteiger partial charge in [0.05, 0.1) is 5.75 Å². The minimum atomic E-state index is -3.12. The first-order valence-electron chi connectivity index (χ1n) is 5.76. The van der Waals surface area contributed by atoms with Crippen molar-refractivity contribution in [3.63, 3.8) is 0 Å². The maximum atomic E-state index is 12.0. The summed E-state index contributed by atoms with van der Waals surface area (Å²) in [5.41, 5.74) is 0.927. The minimum absolute atomic E-state index is 0.222. The highest BCUT2D eigenvalue weighted by Gasteiger charge is 2.22. The SMILES string of the molecule is O=S1(=O)CCCNCCN1Cc1cccnc1. The minimum Gasteiger partial charge on any atom is -0.315 e. The summed E-state index contributed by atoms with van der Waals surface area (Å²) < 4.78 is 25.6. The fourth-order valence-electron chi connectivity index (χ4n) is 1.85. The zero-order valence-electron chi connectivity index (χ0n) is 9.67. The Morgan fingerprint density at radius 3 is 3.06 bits per heavy atom. The van der Waals surface area contributed by atoms with E-state index in [1.165, 1.54) is 4.31 Å². The number of aromatic nitrogens is 1. The number of sulfonamides is 1. The van der Waals surface area contributed by atoms with E-state index in [9.17, 15) is 8.42 Å². The number of pyridine rings is 1. The smallest absolute Gasteiger partial charge is 0.214 e. The van der Waals surface area contributed by atoms with E-state index in [1.807, 2.05) is 12.1 Å². The molecule has 0 radical (unpaired) electrons. The number of nitrogens with zero attached hydrogens (tertiary/aromatic N) is 2. The topological polar surface area (TPSA) is 62.3 Å². The van der Waals surface area contributed by atoms with E-state index in [0.717, 1.165) is 12.1 Å². The molecule has 0 bridgehead atoms. The maximum Gasteiger partial charge on any atom is 0.214 e. The van der Waals surface area contributed by atoms with E-state index in [-0.39, 0.29) is 5.75 Å². The van der Waals surface area contributed by atoms with Crippen molar-refractivity contribution < 1.29 is 8.42 Å². The van der Waals surface area contributed by atoms with Crippen molar-refractivity contribution in [2.75, 3.05) is 25.4 Å². The summed E-state index contributed by atoms with van der Waals surface area (Å²) in [6.07, 6.45) is 4.07. The highest BCUT2D eigenvalue weighted by atomic mass is 32.2. The van der Waals surface area contributed by atoms with Crippen molar-refractivity contribution >= 4 is 10.0 Å². The van der Waals surface area contributed by atoms with Crippen LogP contribution in [0.2, 0.25) is 0 Å². The number of rotatable bonds is 2. The van der Waals surface area contributed by atoms with Crippen LogP contribution in [0.4, 0.5) is 0 Å². The Labute approximate surface area is 102 Å². The maximum absolute atomic E-state index is 12.0. The molecule has 1 aliphatic heterocycles. The van der Waals surface area contributed by atoms with Gasteiger partial charge in [-0.1, -0.05) is 6.07 Å². The summed E-state index contributed by atoms with van der Waals surface area (Å²) in [6.45, 7) is 2.43. The third-order valence-electron chi connectivity index (χ3n) is 2.77. The van der Waals surface area contributed by atoms with Crippen LogP contribution < -0.4 is 5.32 Å². The van der Waals surface area contributed by atoms with Gasteiger partial charge in [0.25, 0.3) is 0 Å². The molecule has 1 N–H and O–H groups in total. The molecule has 6 heteroatoms. The second-order valence-corrected chi connectivity index (χ2v) is 6.20. The molecule has 0 saturated carbocycles. The zero-order chi connectivity index (χ0) is 12.1. The van der Waals surface area contributed by atoms with Crippen LogP contribution in [0.3, 0.4) is 0 Å². The highest BCUT2D eigenvalue weighted by Crippen LogP contribution is 2.10. The van der Waals surface area contributed by atoms with Crippen molar-refractivity contribution in [2.45, 2.75) is 13.0 Å². The Hall–Kier alpha value is -0.980. The first-order chi connectivity index (χ1) is 8.18. The molecule has 2 rings (SSSR count). The summed E-state index contributed by atoms with van der Waals surface area (Å²) in [7, 11) is -3.12. The van der Waals surface area contributed by atoms with Crippen molar-refractivity contribution in [3.8, 4) is 0 Å². The average molecular weight is 255 g/mol. The van der Waals surface area contributed by atoms with Gasteiger partial charge in [-0.25, -0.2) is 8.42 Å². The lowest BCUT2D eigenvalue weighted by atomic mass is 10.3. The summed E-state index contributed by atoms with van der Waals surface area (Å²) >= 11 is 0. The first-order valence-corrected chi connectivity index (χ1v) is 7.37. The third-order valence-corrected chi connectivity index (χ3v) is 4.67. The van der Waals surface area contributed by atoms with E-state index in [4.69, 9.17) is 0 Å². The quantitative estimate of drug-likeness (QED) is 0.820. The second-order valence-electron chi connectivity index (χ2n) is 4.11. The van der Waals surface area contributed by atoms with Gasteiger partial charge in [0.15, 0.2) is 0 Å². The lowest BCUT2D eigenvalue weighted by molar-refractivity contribution is 0.390. The van der Waals surface area contributed by atoms with Gasteiger partial charge in [-0.3, -0.25) is 4.98 Å². The monoisotopic (exact) mass is 255 g/mol. The largest absolute Gasteiger partial charge is 0.315 e. The van der Waals surface area contributed by atoms with Gasteiger partial charge in [0.1, 0.15) is 0 Å². The molecule has 1 aliphatic rings. The molecule has 1 aromatic heterocycles. The fourth-order valence-corrected chi connectivity index (χ4v) is 3.33. The van der Waals surface area contributed by atoms with Gasteiger partial charge < -0.3 is 5.32 Å². The molecule has 0 aliphatic carbocycles. The van der Waals surface area contributed by atoms with Crippen LogP contribution in [0.25, 0.3) is 0 Å². The van der Waals surface area contributed by atoms with Crippen molar-refractivity contribution in [3.05, 3.63) is 30.1 Å². The van der Waals surface area contributed by atoms with Crippen LogP contribution in [0, 0.1) is 0 Å². The van der Waals surface area contributed by atoms with Gasteiger partial charge in [-0.2, -0.15) is 4.31 Å². The molecule has 2 heterocycles. The predicted octanol–water partition coefficient (Wildman–Crippen LogP) is 0.207. The van der Waals surface area contributed by atoms with E-state index < -0.39 is 10.0 Å². The van der Waals surface area contributed by atoms with E-state index >= 15 is 0 Å². The molecular formula is C11H17N3O2S. The molecule has 1 fully saturated rings. The molecule has 0 unspecified atom stereocenters. The summed E-state index contributed by atoms with van der Waals surface area (Å²) in [6, 6.07) is 3.72. The molecule has 0 atom stereocenters. The lowest BCUT2D eigenvalue weighted by Crippen LogP contribution is -2.41. The Balaban J connectivity index is 2.11. The van der Waals surface area contributed by atoms with Gasteiger partial charge in [-0.05, 0) is 24.6 Å². The molecule has 1 saturated heterocycles. The van der Waals surface area contributed by atoms with E-state index in [0.29, 0.717) is 26.1 Å². The highest BCUT2D eigenvalue weighted by molar-refractivity contribution is 7.89. The van der Waals surface area contributed by atoms with Crippen LogP contribution >= 0.6 is 0 Å². The lowest BCUT2D eigenvalue weighted by Gasteiger charge is -2.24. The van der Waals surface area contributed by atoms with Gasteiger partial charge in [0.2, 0.25) is 10.0 Å². The molecule has 0 spiro atoms.